The van der Waals surface area contributed by atoms with Gasteiger partial charge in [0.2, 0.25) is 5.91 Å². The van der Waals surface area contributed by atoms with Crippen molar-refractivity contribution < 1.29 is 4.79 Å². The van der Waals surface area contributed by atoms with Gasteiger partial charge in [0.15, 0.2) is 0 Å². The fraction of sp³-hybridized carbons (Fsp3) is 0.909. The zero-order valence-electron chi connectivity index (χ0n) is 8.91. The van der Waals surface area contributed by atoms with Gasteiger partial charge in [-0.15, -0.1) is 0 Å². The molecule has 0 bridgehead atoms. The number of amides is 1. The Hall–Kier alpha value is -0.570. The molecule has 1 aliphatic heterocycles. The molecule has 2 N–H and O–H groups in total. The van der Waals surface area contributed by atoms with E-state index in [1.807, 2.05) is 4.90 Å². The summed E-state index contributed by atoms with van der Waals surface area (Å²) in [6.45, 7) is 3.72. The van der Waals surface area contributed by atoms with Crippen molar-refractivity contribution in [3.05, 3.63) is 0 Å². The van der Waals surface area contributed by atoms with Crippen molar-refractivity contribution in [1.82, 2.24) is 4.90 Å². The van der Waals surface area contributed by atoms with E-state index in [-0.39, 0.29) is 0 Å². The van der Waals surface area contributed by atoms with Gasteiger partial charge < -0.3 is 10.6 Å². The first-order valence-electron chi connectivity index (χ1n) is 5.70. The molecule has 3 heteroatoms. The molecule has 1 saturated heterocycles. The summed E-state index contributed by atoms with van der Waals surface area (Å²) in [7, 11) is 0. The van der Waals surface area contributed by atoms with Crippen LogP contribution in [0.4, 0.5) is 0 Å². The molecule has 1 saturated carbocycles. The van der Waals surface area contributed by atoms with Gasteiger partial charge in [-0.1, -0.05) is 12.8 Å². The monoisotopic (exact) mass is 196 g/mol. The molecule has 1 amide bonds. The summed E-state index contributed by atoms with van der Waals surface area (Å²) in [5.41, 5.74) is 5.59. The lowest BCUT2D eigenvalue weighted by Gasteiger charge is -2.24. The minimum Gasteiger partial charge on any atom is -0.340 e. The van der Waals surface area contributed by atoms with Crippen molar-refractivity contribution in [1.29, 1.82) is 0 Å². The molecular weight excluding hydrogens is 176 g/mol. The lowest BCUT2D eigenvalue weighted by molar-refractivity contribution is -0.129. The Kier molecular flexibility index (Phi) is 2.77. The second-order valence-corrected chi connectivity index (χ2v) is 4.88. The lowest BCUT2D eigenvalue weighted by atomic mass is 10.1. The predicted octanol–water partition coefficient (Wildman–Crippen LogP) is 0.982. The van der Waals surface area contributed by atoms with Gasteiger partial charge in [0, 0.05) is 19.0 Å². The van der Waals surface area contributed by atoms with Gasteiger partial charge in [-0.3, -0.25) is 4.79 Å². The number of rotatable bonds is 4. The fourth-order valence-electron chi connectivity index (χ4n) is 2.36. The molecule has 0 spiro atoms. The topological polar surface area (TPSA) is 46.3 Å². The van der Waals surface area contributed by atoms with Crippen LogP contribution in [0, 0.1) is 11.8 Å². The van der Waals surface area contributed by atoms with Crippen molar-refractivity contribution in [2.24, 2.45) is 17.6 Å². The number of carbonyl (C=O) groups excluding carboxylic acids is 1. The van der Waals surface area contributed by atoms with Crippen LogP contribution in [0.15, 0.2) is 0 Å². The number of hydrogen-bond donors (Lipinski definition) is 1. The summed E-state index contributed by atoms with van der Waals surface area (Å²) < 4.78 is 0. The number of nitrogens with two attached hydrogens (primary N) is 1. The summed E-state index contributed by atoms with van der Waals surface area (Å²) in [4.78, 5) is 13.7. The SMILES string of the molecule is CC(CC1CC1)N1CC(CN)CC1=O. The summed E-state index contributed by atoms with van der Waals surface area (Å²) in [5.74, 6) is 1.62. The average molecular weight is 196 g/mol. The normalized spacial score (nSPS) is 29.7. The largest absolute Gasteiger partial charge is 0.340 e. The Labute approximate surface area is 85.6 Å². The highest BCUT2D eigenvalue weighted by Gasteiger charge is 2.34. The van der Waals surface area contributed by atoms with Gasteiger partial charge in [0.1, 0.15) is 0 Å². The molecule has 0 aromatic heterocycles. The van der Waals surface area contributed by atoms with E-state index in [1.54, 1.807) is 0 Å². The predicted molar refractivity (Wildman–Crippen MR) is 55.7 cm³/mol. The molecule has 80 valence electrons. The second kappa shape index (κ2) is 3.89. The third-order valence-corrected chi connectivity index (χ3v) is 3.48. The van der Waals surface area contributed by atoms with E-state index >= 15 is 0 Å². The van der Waals surface area contributed by atoms with Crippen molar-refractivity contribution >= 4 is 5.91 Å². The van der Waals surface area contributed by atoms with Crippen LogP contribution in [0.25, 0.3) is 0 Å². The molecule has 2 rings (SSSR count). The number of hydrogen-bond acceptors (Lipinski definition) is 2. The average Bonchev–Trinajstić information content (AvgIpc) is 2.87. The first kappa shape index (κ1) is 9.97. The molecular formula is C11H20N2O. The van der Waals surface area contributed by atoms with Crippen LogP contribution in [-0.2, 0) is 4.79 Å². The summed E-state index contributed by atoms with van der Waals surface area (Å²) in [5, 5.41) is 0. The minimum atomic E-state index is 0.314. The van der Waals surface area contributed by atoms with E-state index in [0.29, 0.717) is 30.8 Å². The van der Waals surface area contributed by atoms with Crippen LogP contribution in [-0.4, -0.2) is 29.9 Å². The quantitative estimate of drug-likeness (QED) is 0.728. The Balaban J connectivity index is 1.86. The van der Waals surface area contributed by atoms with Crippen LogP contribution >= 0.6 is 0 Å². The molecule has 0 aromatic carbocycles. The third kappa shape index (κ3) is 2.08. The Morgan fingerprint density at radius 2 is 2.21 bits per heavy atom. The highest BCUT2D eigenvalue weighted by atomic mass is 16.2. The van der Waals surface area contributed by atoms with E-state index < -0.39 is 0 Å². The van der Waals surface area contributed by atoms with E-state index in [0.717, 1.165) is 12.5 Å². The van der Waals surface area contributed by atoms with E-state index in [2.05, 4.69) is 6.92 Å². The van der Waals surface area contributed by atoms with Crippen LogP contribution < -0.4 is 5.73 Å². The highest BCUT2D eigenvalue weighted by Crippen LogP contribution is 2.35. The Morgan fingerprint density at radius 1 is 1.50 bits per heavy atom. The Bertz CT molecular complexity index is 225. The van der Waals surface area contributed by atoms with Gasteiger partial charge >= 0.3 is 0 Å². The molecule has 2 fully saturated rings. The third-order valence-electron chi connectivity index (χ3n) is 3.48. The molecule has 1 aliphatic carbocycles. The lowest BCUT2D eigenvalue weighted by Crippen LogP contribution is -2.35. The zero-order valence-corrected chi connectivity index (χ0v) is 8.91. The summed E-state index contributed by atoms with van der Waals surface area (Å²) in [6.07, 6.45) is 4.61. The summed E-state index contributed by atoms with van der Waals surface area (Å²) in [6, 6.07) is 0.437. The van der Waals surface area contributed by atoms with E-state index in [4.69, 9.17) is 5.73 Å². The Morgan fingerprint density at radius 3 is 2.71 bits per heavy atom. The van der Waals surface area contributed by atoms with Gasteiger partial charge in [-0.2, -0.15) is 0 Å². The molecule has 14 heavy (non-hydrogen) atoms. The van der Waals surface area contributed by atoms with Gasteiger partial charge in [0.05, 0.1) is 0 Å². The second-order valence-electron chi connectivity index (χ2n) is 4.88. The molecule has 2 aliphatic rings. The standard InChI is InChI=1S/C11H20N2O/c1-8(4-9-2-3-9)13-7-10(6-12)5-11(13)14/h8-10H,2-7,12H2,1H3. The zero-order chi connectivity index (χ0) is 10.1. The first-order valence-corrected chi connectivity index (χ1v) is 5.70. The molecule has 0 aromatic rings. The number of likely N-dealkylation sites (tertiary alicyclic amines) is 1. The van der Waals surface area contributed by atoms with Crippen LogP contribution in [0.1, 0.15) is 32.6 Å². The number of nitrogens with zero attached hydrogens (tertiary/aromatic N) is 1. The van der Waals surface area contributed by atoms with Gasteiger partial charge in [-0.05, 0) is 31.7 Å². The first-order chi connectivity index (χ1) is 6.70. The van der Waals surface area contributed by atoms with Gasteiger partial charge in [0.25, 0.3) is 0 Å². The fourth-order valence-corrected chi connectivity index (χ4v) is 2.36. The molecule has 2 unspecified atom stereocenters. The molecule has 2 atom stereocenters. The van der Waals surface area contributed by atoms with Crippen molar-refractivity contribution in [2.75, 3.05) is 13.1 Å². The summed E-state index contributed by atoms with van der Waals surface area (Å²) >= 11 is 0. The van der Waals surface area contributed by atoms with Crippen molar-refractivity contribution in [2.45, 2.75) is 38.6 Å². The van der Waals surface area contributed by atoms with Crippen molar-refractivity contribution in [3.8, 4) is 0 Å². The maximum absolute atomic E-state index is 11.7. The molecule has 1 heterocycles. The highest BCUT2D eigenvalue weighted by molar-refractivity contribution is 5.79. The van der Waals surface area contributed by atoms with Crippen molar-refractivity contribution in [3.63, 3.8) is 0 Å². The molecule has 3 nitrogen and oxygen atoms in total. The minimum absolute atomic E-state index is 0.314. The van der Waals surface area contributed by atoms with E-state index in [9.17, 15) is 4.79 Å². The van der Waals surface area contributed by atoms with Crippen LogP contribution in [0.5, 0.6) is 0 Å². The van der Waals surface area contributed by atoms with Gasteiger partial charge in [-0.25, -0.2) is 0 Å². The number of carbonyl (C=O) groups is 1. The molecule has 0 radical (unpaired) electrons. The van der Waals surface area contributed by atoms with Crippen LogP contribution in [0.2, 0.25) is 0 Å². The maximum Gasteiger partial charge on any atom is 0.223 e. The van der Waals surface area contributed by atoms with E-state index in [1.165, 1.54) is 19.3 Å². The van der Waals surface area contributed by atoms with Crippen LogP contribution in [0.3, 0.4) is 0 Å². The smallest absolute Gasteiger partial charge is 0.223 e. The maximum atomic E-state index is 11.7.